The fraction of sp³-hybridized carbons (Fsp3) is 0.655. The maximum absolute atomic E-state index is 13.7. The van der Waals surface area contributed by atoms with Crippen molar-refractivity contribution in [2.45, 2.75) is 94.4 Å². The van der Waals surface area contributed by atoms with Gasteiger partial charge in [-0.2, -0.15) is 0 Å². The topological polar surface area (TPSA) is 480 Å². The van der Waals surface area contributed by atoms with Crippen molar-refractivity contribution in [2.75, 3.05) is 26.2 Å². The van der Waals surface area contributed by atoms with Crippen LogP contribution in [0.1, 0.15) is 64.2 Å². The van der Waals surface area contributed by atoms with Crippen molar-refractivity contribution in [3.63, 3.8) is 0 Å². The summed E-state index contributed by atoms with van der Waals surface area (Å²) in [5.41, 5.74) is 54.1. The van der Waals surface area contributed by atoms with Crippen LogP contribution in [0.4, 0.5) is 0 Å². The number of nitrogens with zero attached hydrogens (tertiary/aromatic N) is 4. The number of carbonyl (C=O) groups is 6. The molecule has 306 valence electrons. The standard InChI is InChI=1S/C29H58N18O7/c30-15(5-1-11-40-26(32)33)21(49)44-16(6-2-12-41-27(34)35)22(50)46-18(9-10-20(31)48)24(52)45-17(7-3-13-42-28(36)37)23(51)47-19(25(53)54)8-4-14-43-29(38)39/h15-19H,1-14,30H2,(H2,31,48)(H,44,49)(H,45,52)(H,46,50)(H,47,51)(H,53,54)(H4,32,33,40)(H4,34,35,41)(H4,36,37,42)(H4,38,39,43). The zero-order valence-corrected chi connectivity index (χ0v) is 30.2. The molecule has 25 nitrogen and oxygen atoms in total. The molecule has 0 bridgehead atoms. The van der Waals surface area contributed by atoms with Gasteiger partial charge < -0.3 is 83.7 Å². The molecule has 0 aliphatic rings. The van der Waals surface area contributed by atoms with Gasteiger partial charge in [0, 0.05) is 32.6 Å². The van der Waals surface area contributed by atoms with Crippen molar-refractivity contribution < 1.29 is 33.9 Å². The summed E-state index contributed by atoms with van der Waals surface area (Å²) in [6.07, 6.45) is 0.287. The third-order valence-corrected chi connectivity index (χ3v) is 7.33. The number of rotatable bonds is 28. The van der Waals surface area contributed by atoms with Crippen molar-refractivity contribution >= 4 is 59.3 Å². The van der Waals surface area contributed by atoms with E-state index in [0.29, 0.717) is 6.42 Å². The van der Waals surface area contributed by atoms with Gasteiger partial charge in [-0.15, -0.1) is 0 Å². The van der Waals surface area contributed by atoms with Crippen LogP contribution in [0, 0.1) is 0 Å². The molecule has 5 unspecified atom stereocenters. The molecule has 0 aromatic rings. The number of carbonyl (C=O) groups excluding carboxylic acids is 5. The number of hydrogen-bond donors (Lipinski definition) is 15. The van der Waals surface area contributed by atoms with Crippen LogP contribution in [-0.4, -0.2) is 121 Å². The summed E-state index contributed by atoms with van der Waals surface area (Å²) >= 11 is 0. The summed E-state index contributed by atoms with van der Waals surface area (Å²) < 4.78 is 0. The first-order valence-electron chi connectivity index (χ1n) is 17.0. The van der Waals surface area contributed by atoms with E-state index in [0.717, 1.165) is 0 Å². The quantitative estimate of drug-likeness (QED) is 0.0200. The highest BCUT2D eigenvalue weighted by molar-refractivity contribution is 5.95. The van der Waals surface area contributed by atoms with Gasteiger partial charge in [-0.1, -0.05) is 0 Å². The minimum atomic E-state index is -1.46. The number of aliphatic carboxylic acids is 1. The number of aliphatic imine (C=N–C) groups is 4. The Balaban J connectivity index is 6.20. The Morgan fingerprint density at radius 3 is 1.07 bits per heavy atom. The number of primary amides is 1. The molecule has 0 heterocycles. The van der Waals surface area contributed by atoms with Crippen molar-refractivity contribution in [3.8, 4) is 0 Å². The lowest BCUT2D eigenvalue weighted by Crippen LogP contribution is -2.58. The molecular weight excluding hydrogens is 712 g/mol. The third-order valence-electron chi connectivity index (χ3n) is 7.33. The Morgan fingerprint density at radius 2 is 0.741 bits per heavy atom. The molecule has 0 aromatic carbocycles. The monoisotopic (exact) mass is 770 g/mol. The predicted octanol–water partition coefficient (Wildman–Crippen LogP) is -7.18. The van der Waals surface area contributed by atoms with Crippen molar-refractivity contribution in [1.82, 2.24) is 21.3 Å². The lowest BCUT2D eigenvalue weighted by Gasteiger charge is -2.26. The van der Waals surface area contributed by atoms with Gasteiger partial charge in [-0.25, -0.2) is 4.79 Å². The van der Waals surface area contributed by atoms with Crippen LogP contribution in [0.3, 0.4) is 0 Å². The Morgan fingerprint density at radius 1 is 0.444 bits per heavy atom. The van der Waals surface area contributed by atoms with Gasteiger partial charge in [0.25, 0.3) is 0 Å². The number of carboxylic acids is 1. The van der Waals surface area contributed by atoms with E-state index in [1.165, 1.54) is 0 Å². The molecule has 0 aliphatic carbocycles. The first-order valence-corrected chi connectivity index (χ1v) is 17.0. The number of amides is 5. The van der Waals surface area contributed by atoms with Gasteiger partial charge >= 0.3 is 5.97 Å². The first-order chi connectivity index (χ1) is 25.3. The second kappa shape index (κ2) is 26.6. The summed E-state index contributed by atoms with van der Waals surface area (Å²) in [5.74, 6) is -6.20. The fourth-order valence-corrected chi connectivity index (χ4v) is 4.61. The first kappa shape index (κ1) is 47.9. The highest BCUT2D eigenvalue weighted by Crippen LogP contribution is 2.08. The van der Waals surface area contributed by atoms with Crippen molar-refractivity contribution in [1.29, 1.82) is 0 Å². The molecule has 0 radical (unpaired) electrons. The maximum Gasteiger partial charge on any atom is 0.326 e. The van der Waals surface area contributed by atoms with Crippen LogP contribution >= 0.6 is 0 Å². The van der Waals surface area contributed by atoms with Crippen LogP contribution in [0.15, 0.2) is 20.0 Å². The van der Waals surface area contributed by atoms with Gasteiger partial charge in [0.15, 0.2) is 23.8 Å². The van der Waals surface area contributed by atoms with E-state index in [1.807, 2.05) is 0 Å². The Kier molecular flexibility index (Phi) is 23.6. The molecule has 0 aromatic heterocycles. The second-order valence-corrected chi connectivity index (χ2v) is 12.0. The highest BCUT2D eigenvalue weighted by atomic mass is 16.4. The molecule has 5 atom stereocenters. The van der Waals surface area contributed by atoms with Crippen molar-refractivity contribution in [2.24, 2.45) is 77.3 Å². The number of nitrogens with two attached hydrogens (primary N) is 10. The van der Waals surface area contributed by atoms with E-state index < -0.39 is 65.7 Å². The number of carboxylic acid groups (broad SMARTS) is 1. The molecule has 0 saturated heterocycles. The van der Waals surface area contributed by atoms with Gasteiger partial charge in [0.05, 0.1) is 6.04 Å². The van der Waals surface area contributed by atoms with Crippen molar-refractivity contribution in [3.05, 3.63) is 0 Å². The minimum absolute atomic E-state index is 0.00514. The minimum Gasteiger partial charge on any atom is -0.480 e. The maximum atomic E-state index is 13.7. The molecule has 0 aliphatic heterocycles. The Hall–Kier alpha value is -6.14. The Labute approximate surface area is 312 Å². The predicted molar refractivity (Wildman–Crippen MR) is 201 cm³/mol. The molecule has 0 spiro atoms. The van der Waals surface area contributed by atoms with E-state index in [4.69, 9.17) is 57.3 Å². The van der Waals surface area contributed by atoms with E-state index >= 15 is 0 Å². The summed E-state index contributed by atoms with van der Waals surface area (Å²) in [5, 5.41) is 19.7. The smallest absolute Gasteiger partial charge is 0.326 e. The summed E-state index contributed by atoms with van der Waals surface area (Å²) in [7, 11) is 0. The molecule has 5 amide bonds. The average molecular weight is 771 g/mol. The van der Waals surface area contributed by atoms with Crippen LogP contribution in [-0.2, 0) is 28.8 Å². The third kappa shape index (κ3) is 23.4. The SMILES string of the molecule is NC(=O)CCC(NC(=O)C(CCCN=C(N)N)NC(=O)C(N)CCCN=C(N)N)C(=O)NC(CCCN=C(N)N)C(=O)NC(CCCN=C(N)N)C(=O)O. The second-order valence-electron chi connectivity index (χ2n) is 12.0. The van der Waals surface area contributed by atoms with Gasteiger partial charge in [-0.3, -0.25) is 43.9 Å². The molecular formula is C29H58N18O7. The Bertz CT molecular complexity index is 1360. The molecule has 54 heavy (non-hydrogen) atoms. The van der Waals surface area contributed by atoms with E-state index in [-0.39, 0.29) is 108 Å². The van der Waals surface area contributed by atoms with E-state index in [1.54, 1.807) is 0 Å². The number of nitrogens with one attached hydrogen (secondary N) is 4. The zero-order chi connectivity index (χ0) is 41.2. The lowest BCUT2D eigenvalue weighted by atomic mass is 10.0. The fourth-order valence-electron chi connectivity index (χ4n) is 4.61. The molecule has 0 saturated carbocycles. The van der Waals surface area contributed by atoms with Crippen LogP contribution < -0.4 is 78.6 Å². The average Bonchev–Trinajstić information content (AvgIpc) is 3.07. The van der Waals surface area contributed by atoms with Gasteiger partial charge in [0.2, 0.25) is 29.5 Å². The van der Waals surface area contributed by atoms with Crippen LogP contribution in [0.2, 0.25) is 0 Å². The van der Waals surface area contributed by atoms with Crippen LogP contribution in [0.5, 0.6) is 0 Å². The molecule has 25 N–H and O–H groups in total. The molecule has 25 heteroatoms. The summed E-state index contributed by atoms with van der Waals surface area (Å²) in [6, 6.07) is -6.51. The normalized spacial score (nSPS) is 13.3. The molecule has 0 rings (SSSR count). The van der Waals surface area contributed by atoms with Crippen LogP contribution in [0.25, 0.3) is 0 Å². The number of hydrogen-bond acceptors (Lipinski definition) is 11. The highest BCUT2D eigenvalue weighted by Gasteiger charge is 2.32. The van der Waals surface area contributed by atoms with Gasteiger partial charge in [0.1, 0.15) is 24.2 Å². The summed E-state index contributed by atoms with van der Waals surface area (Å²) in [4.78, 5) is 92.6. The van der Waals surface area contributed by atoms with E-state index in [2.05, 4.69) is 41.2 Å². The largest absolute Gasteiger partial charge is 0.480 e. The number of guanidine groups is 4. The lowest BCUT2D eigenvalue weighted by molar-refractivity contribution is -0.142. The zero-order valence-electron chi connectivity index (χ0n) is 30.2. The molecule has 0 fully saturated rings. The van der Waals surface area contributed by atoms with Gasteiger partial charge in [-0.05, 0) is 57.8 Å². The van der Waals surface area contributed by atoms with E-state index in [9.17, 15) is 33.9 Å². The summed E-state index contributed by atoms with van der Waals surface area (Å²) in [6.45, 7) is 0.470.